The average molecular weight is 1080 g/mol. The molecule has 25 atom stereocenters. The van der Waals surface area contributed by atoms with E-state index in [-0.39, 0.29) is 19.0 Å². The molecule has 0 aromatic heterocycles. The summed E-state index contributed by atoms with van der Waals surface area (Å²) in [4.78, 5) is 33.7. The fourth-order valence-corrected chi connectivity index (χ4v) is 8.86. The van der Waals surface area contributed by atoms with Gasteiger partial charge in [0.15, 0.2) is 31.5 Å². The summed E-state index contributed by atoms with van der Waals surface area (Å²) < 4.78 is 77.1. The summed E-state index contributed by atoms with van der Waals surface area (Å²) in [6.07, 6.45) is -44.2. The van der Waals surface area contributed by atoms with Crippen molar-refractivity contribution in [2.45, 2.75) is 198 Å². The molecule has 72 heavy (non-hydrogen) atoms. The third-order valence-corrected chi connectivity index (χ3v) is 13.3. The first-order valence-corrected chi connectivity index (χ1v) is 24.7. The molecule has 0 aromatic carbocycles. The lowest BCUT2D eigenvalue weighted by Gasteiger charge is -2.49. The first-order valence-electron chi connectivity index (χ1n) is 23.3. The van der Waals surface area contributed by atoms with Gasteiger partial charge in [0, 0.05) is 13.0 Å². The van der Waals surface area contributed by atoms with Crippen molar-refractivity contribution in [1.82, 2.24) is 0 Å². The van der Waals surface area contributed by atoms with Gasteiger partial charge in [0.05, 0.1) is 48.0 Å². The molecule has 5 saturated heterocycles. The summed E-state index contributed by atoms with van der Waals surface area (Å²) in [5.74, 6) is -0.332. The van der Waals surface area contributed by atoms with Crippen molar-refractivity contribution in [3.8, 4) is 0 Å². The molecule has 0 spiro atoms. The van der Waals surface area contributed by atoms with E-state index in [1.165, 1.54) is 7.11 Å². The van der Waals surface area contributed by atoms with Crippen LogP contribution in [0.1, 0.15) is 44.9 Å². The van der Waals surface area contributed by atoms with Crippen molar-refractivity contribution in [3.63, 3.8) is 0 Å². The van der Waals surface area contributed by atoms with Gasteiger partial charge in [-0.15, -0.1) is 0 Å². The zero-order valence-corrected chi connectivity index (χ0v) is 39.7. The number of carbonyl (C=O) groups excluding carboxylic acids is 1. The smallest absolute Gasteiger partial charge is 0.305 e. The van der Waals surface area contributed by atoms with Crippen molar-refractivity contribution in [2.24, 2.45) is 0 Å². The number of phosphoric ester groups is 1. The van der Waals surface area contributed by atoms with Crippen LogP contribution in [0.2, 0.25) is 0 Å². The van der Waals surface area contributed by atoms with Crippen molar-refractivity contribution >= 4 is 13.8 Å². The minimum atomic E-state index is -5.66. The monoisotopic (exact) mass is 1080 g/mol. The number of aliphatic hydroxyl groups excluding tert-OH is 15. The second kappa shape index (κ2) is 28.3. The largest absolute Gasteiger partial charge is 0.790 e. The van der Waals surface area contributed by atoms with Crippen molar-refractivity contribution in [1.29, 1.82) is 0 Å². The third kappa shape index (κ3) is 15.6. The molecule has 5 heterocycles. The maximum Gasteiger partial charge on any atom is 0.305 e. The van der Waals surface area contributed by atoms with Crippen LogP contribution in [-0.2, 0) is 66.0 Å². The van der Waals surface area contributed by atoms with Crippen LogP contribution in [0.25, 0.3) is 0 Å². The number of hydrogen-bond acceptors (Lipinski definition) is 31. The van der Waals surface area contributed by atoms with E-state index in [1.807, 2.05) is 0 Å². The summed E-state index contributed by atoms with van der Waals surface area (Å²) in [6, 6.07) is 0. The van der Waals surface area contributed by atoms with Crippen LogP contribution in [0.15, 0.2) is 0 Å². The van der Waals surface area contributed by atoms with Crippen LogP contribution in [0.3, 0.4) is 0 Å². The Hall–Kier alpha value is -1.42. The molecule has 0 radical (unpaired) electrons. The SMILES string of the molecule is COC(=O)CCCCCCCCO[C@H]1O[C@H](CO[C@H]2O[C@H](CO)[C@@H](O)[C@H](O)[C@@H]2O[C@H]2O[C@H](COP(=O)([O-])[O-])[C@@H](O)[C@H](O)[C@@H]2O)[C@@H](O)[C@H](O[C@H]2O[C@H](CO)[C@@H](O)[C@H](O)[C@@H]2O[C@H]2O[C@H](CO)[C@@H](O)[C@H](O)[C@@H]2O)[C@@H]1O. The Kier molecular flexibility index (Phi) is 24.1. The molecule has 32 heteroatoms. The Morgan fingerprint density at radius 2 is 0.861 bits per heavy atom. The van der Waals surface area contributed by atoms with Gasteiger partial charge in [-0.1, -0.05) is 25.7 Å². The van der Waals surface area contributed by atoms with Gasteiger partial charge >= 0.3 is 5.97 Å². The normalized spacial score (nSPS) is 44.2. The predicted molar refractivity (Wildman–Crippen MR) is 221 cm³/mol. The molecule has 15 N–H and O–H groups in total. The highest BCUT2D eigenvalue weighted by atomic mass is 31.2. The van der Waals surface area contributed by atoms with Gasteiger partial charge in [0.2, 0.25) is 0 Å². The van der Waals surface area contributed by atoms with Crippen LogP contribution in [0.5, 0.6) is 0 Å². The van der Waals surface area contributed by atoms with Gasteiger partial charge in [-0.25, -0.2) is 0 Å². The molecule has 422 valence electrons. The lowest BCUT2D eigenvalue weighted by Crippen LogP contribution is -2.67. The minimum Gasteiger partial charge on any atom is -0.790 e. The minimum absolute atomic E-state index is 0.0814. The number of phosphoric acid groups is 1. The van der Waals surface area contributed by atoms with Gasteiger partial charge in [0.25, 0.3) is 0 Å². The van der Waals surface area contributed by atoms with Crippen LogP contribution < -0.4 is 9.79 Å². The Morgan fingerprint density at radius 1 is 0.444 bits per heavy atom. The van der Waals surface area contributed by atoms with E-state index in [1.54, 1.807) is 0 Å². The maximum atomic E-state index is 11.8. The van der Waals surface area contributed by atoms with Gasteiger partial charge in [-0.05, 0) is 12.8 Å². The van der Waals surface area contributed by atoms with Crippen molar-refractivity contribution < 1.29 is 152 Å². The summed E-state index contributed by atoms with van der Waals surface area (Å²) in [5.41, 5.74) is 0. The Balaban J connectivity index is 1.37. The molecule has 0 aromatic rings. The first kappa shape index (κ1) is 61.4. The molecule has 5 aliphatic rings. The van der Waals surface area contributed by atoms with Crippen LogP contribution in [0.4, 0.5) is 0 Å². The van der Waals surface area contributed by atoms with E-state index >= 15 is 0 Å². The Bertz CT molecular complexity index is 1650. The predicted octanol–water partition coefficient (Wildman–Crippen LogP) is -10.1. The number of hydrogen-bond donors (Lipinski definition) is 15. The summed E-state index contributed by atoms with van der Waals surface area (Å²) >= 11 is 0. The zero-order valence-electron chi connectivity index (χ0n) is 38.8. The van der Waals surface area contributed by atoms with Gasteiger partial charge in [-0.2, -0.15) is 0 Å². The van der Waals surface area contributed by atoms with E-state index in [0.717, 1.165) is 12.8 Å². The zero-order chi connectivity index (χ0) is 53.2. The lowest BCUT2D eigenvalue weighted by molar-refractivity contribution is -0.393. The molecule has 5 rings (SSSR count). The molecular formula is C40H69O31P-2. The van der Waals surface area contributed by atoms with Gasteiger partial charge in [-0.3, -0.25) is 4.79 Å². The highest BCUT2D eigenvalue weighted by Crippen LogP contribution is 2.36. The number of unbranched alkanes of at least 4 members (excludes halogenated alkanes) is 5. The number of carbonyl (C=O) groups is 1. The molecule has 5 aliphatic heterocycles. The number of ether oxygens (including phenoxy) is 11. The second-order valence-corrected chi connectivity index (χ2v) is 19.0. The molecule has 0 saturated carbocycles. The number of esters is 1. The molecule has 0 bridgehead atoms. The topological polar surface area (TPSA) is 494 Å². The van der Waals surface area contributed by atoms with Crippen LogP contribution in [-0.4, -0.2) is 283 Å². The van der Waals surface area contributed by atoms with Gasteiger partial charge in [0.1, 0.15) is 122 Å². The summed E-state index contributed by atoms with van der Waals surface area (Å²) in [5, 5.41) is 160. The van der Waals surface area contributed by atoms with E-state index < -0.39 is 194 Å². The van der Waals surface area contributed by atoms with Crippen LogP contribution >= 0.6 is 7.82 Å². The van der Waals surface area contributed by atoms with E-state index in [2.05, 4.69) is 9.26 Å². The summed E-state index contributed by atoms with van der Waals surface area (Å²) in [6.45, 7) is -4.90. The van der Waals surface area contributed by atoms with Gasteiger partial charge < -0.3 is 148 Å². The molecular weight excluding hydrogens is 1010 g/mol. The molecule has 0 aliphatic carbocycles. The maximum absolute atomic E-state index is 11.8. The highest BCUT2D eigenvalue weighted by Gasteiger charge is 2.56. The molecule has 31 nitrogen and oxygen atoms in total. The molecule has 0 amide bonds. The highest BCUT2D eigenvalue weighted by molar-refractivity contribution is 7.43. The van der Waals surface area contributed by atoms with E-state index in [4.69, 9.17) is 47.4 Å². The fourth-order valence-electron chi connectivity index (χ4n) is 8.53. The number of rotatable bonds is 25. The van der Waals surface area contributed by atoms with Crippen molar-refractivity contribution in [2.75, 3.05) is 46.8 Å². The second-order valence-electron chi connectivity index (χ2n) is 17.8. The van der Waals surface area contributed by atoms with E-state index in [0.29, 0.717) is 25.7 Å². The van der Waals surface area contributed by atoms with Crippen molar-refractivity contribution in [3.05, 3.63) is 0 Å². The lowest BCUT2D eigenvalue weighted by atomic mass is 9.96. The standard InChI is InChI=1S/C40H71O31P/c1-60-20(44)8-6-4-2-3-5-7-9-61-36-32(56)33(69-40-35(29(53)23(47)17(12-43)66-40)71-37-30(54)26(50)21(45)15(10-41)64-37)25(49)18(67-36)13-62-39-34(28(52)22(46)16(11-42)65-39)70-38-31(55)27(51)24(48)19(68-38)14-63-72(57,58)59/h15-19,21-43,45-56H,2-14H2,1H3,(H2,57,58,59)/p-2/t15-,16-,17-,18-,19-,21-,22-,23-,24-,25-,26+,27+,28+,29+,30+,31+,32+,33+,34+,35+,36+,37-,38-,39+,40-/m1/s1. The first-order chi connectivity index (χ1) is 34.1. The average Bonchev–Trinajstić information content (AvgIpc) is 3.35. The van der Waals surface area contributed by atoms with E-state index in [9.17, 15) is 95.7 Å². The summed E-state index contributed by atoms with van der Waals surface area (Å²) in [7, 11) is -4.37. The Morgan fingerprint density at radius 3 is 1.39 bits per heavy atom. The number of aliphatic hydroxyl groups is 15. The molecule has 0 unspecified atom stereocenters. The third-order valence-electron chi connectivity index (χ3n) is 12.8. The molecule has 5 fully saturated rings. The van der Waals surface area contributed by atoms with Crippen LogP contribution in [0, 0.1) is 0 Å². The number of methoxy groups -OCH3 is 1. The quantitative estimate of drug-likeness (QED) is 0.0229. The Labute approximate surface area is 411 Å². The fraction of sp³-hybridized carbons (Fsp3) is 0.975.